The SMILES string of the molecule is CCCCCCN(CCCCCC)C(C)C(O)c1cc(C)c2ccc3cc(C(C)C)ccc3c2c1.Cl. The van der Waals surface area contributed by atoms with Crippen LogP contribution in [0.1, 0.15) is 115 Å². The Morgan fingerprint density at radius 2 is 1.31 bits per heavy atom. The number of aryl methyl sites for hydroxylation is 1. The van der Waals surface area contributed by atoms with E-state index in [1.54, 1.807) is 0 Å². The van der Waals surface area contributed by atoms with Gasteiger partial charge >= 0.3 is 0 Å². The predicted molar refractivity (Wildman–Crippen MR) is 162 cm³/mol. The molecule has 0 fully saturated rings. The van der Waals surface area contributed by atoms with Gasteiger partial charge in [-0.25, -0.2) is 0 Å². The summed E-state index contributed by atoms with van der Waals surface area (Å²) in [5, 5.41) is 16.7. The molecule has 3 rings (SSSR count). The van der Waals surface area contributed by atoms with Crippen LogP contribution in [0.4, 0.5) is 0 Å². The second-order valence-electron chi connectivity index (χ2n) is 11.0. The average Bonchev–Trinajstić information content (AvgIpc) is 2.86. The summed E-state index contributed by atoms with van der Waals surface area (Å²) in [5.74, 6) is 0.520. The topological polar surface area (TPSA) is 23.5 Å². The quantitative estimate of drug-likeness (QED) is 0.172. The largest absolute Gasteiger partial charge is 0.387 e. The Hall–Kier alpha value is -1.61. The molecule has 1 N–H and O–H groups in total. The summed E-state index contributed by atoms with van der Waals surface area (Å²) >= 11 is 0. The number of nitrogens with zero attached hydrogens (tertiary/aromatic N) is 1. The lowest BCUT2D eigenvalue weighted by Crippen LogP contribution is -2.39. The highest BCUT2D eigenvalue weighted by molar-refractivity contribution is 6.08. The van der Waals surface area contributed by atoms with Crippen LogP contribution in [-0.2, 0) is 0 Å². The molecule has 3 aromatic carbocycles. The highest BCUT2D eigenvalue weighted by Gasteiger charge is 2.23. The summed E-state index contributed by atoms with van der Waals surface area (Å²) in [6.07, 6.45) is 9.65. The third-order valence-corrected chi connectivity index (χ3v) is 7.84. The lowest BCUT2D eigenvalue weighted by Gasteiger charge is -2.33. The molecule has 0 bridgehead atoms. The van der Waals surface area contributed by atoms with Crippen molar-refractivity contribution in [2.45, 2.75) is 111 Å². The number of rotatable bonds is 14. The Morgan fingerprint density at radius 1 is 0.694 bits per heavy atom. The van der Waals surface area contributed by atoms with Gasteiger partial charge in [0, 0.05) is 6.04 Å². The van der Waals surface area contributed by atoms with Gasteiger partial charge in [0.05, 0.1) is 6.10 Å². The normalized spacial score (nSPS) is 13.5. The average molecular weight is 512 g/mol. The first-order valence-corrected chi connectivity index (χ1v) is 14.3. The molecule has 0 saturated carbocycles. The molecule has 3 heteroatoms. The van der Waals surface area contributed by atoms with Crippen LogP contribution in [-0.4, -0.2) is 29.1 Å². The number of hydrogen-bond donors (Lipinski definition) is 1. The van der Waals surface area contributed by atoms with Gasteiger partial charge < -0.3 is 5.11 Å². The van der Waals surface area contributed by atoms with Gasteiger partial charge in [0.1, 0.15) is 0 Å². The highest BCUT2D eigenvalue weighted by Crippen LogP contribution is 2.33. The minimum atomic E-state index is -0.486. The van der Waals surface area contributed by atoms with Crippen LogP contribution in [0, 0.1) is 6.92 Å². The van der Waals surface area contributed by atoms with Crippen molar-refractivity contribution in [2.75, 3.05) is 13.1 Å². The van der Waals surface area contributed by atoms with Crippen molar-refractivity contribution >= 4 is 34.0 Å². The summed E-state index contributed by atoms with van der Waals surface area (Å²) in [6.45, 7) is 15.6. The molecule has 0 aromatic heterocycles. The third-order valence-electron chi connectivity index (χ3n) is 7.84. The molecular formula is C33H50ClNO. The first-order chi connectivity index (χ1) is 16.9. The zero-order chi connectivity index (χ0) is 25.4. The molecular weight excluding hydrogens is 462 g/mol. The zero-order valence-corrected chi connectivity index (χ0v) is 24.5. The van der Waals surface area contributed by atoms with Crippen molar-refractivity contribution in [3.8, 4) is 0 Å². The molecule has 0 spiro atoms. The molecule has 2 unspecified atom stereocenters. The second kappa shape index (κ2) is 15.0. The summed E-state index contributed by atoms with van der Waals surface area (Å²) < 4.78 is 0. The van der Waals surface area contributed by atoms with E-state index in [1.807, 2.05) is 0 Å². The van der Waals surface area contributed by atoms with Crippen molar-refractivity contribution in [2.24, 2.45) is 0 Å². The molecule has 2 atom stereocenters. The highest BCUT2D eigenvalue weighted by atomic mass is 35.5. The maximum absolute atomic E-state index is 11.6. The summed E-state index contributed by atoms with van der Waals surface area (Å²) in [5.41, 5.74) is 3.67. The van der Waals surface area contributed by atoms with E-state index in [-0.39, 0.29) is 18.4 Å². The second-order valence-corrected chi connectivity index (χ2v) is 11.0. The number of fused-ring (bicyclic) bond motifs is 3. The molecule has 0 amide bonds. The first-order valence-electron chi connectivity index (χ1n) is 14.3. The number of halogens is 1. The Labute approximate surface area is 226 Å². The number of hydrogen-bond acceptors (Lipinski definition) is 2. The fraction of sp³-hybridized carbons (Fsp3) is 0.576. The lowest BCUT2D eigenvalue weighted by atomic mass is 9.91. The van der Waals surface area contributed by atoms with Gasteiger partial charge in [0.2, 0.25) is 0 Å². The van der Waals surface area contributed by atoms with E-state index < -0.39 is 6.10 Å². The third kappa shape index (κ3) is 7.70. The molecule has 0 aliphatic heterocycles. The van der Waals surface area contributed by atoms with Crippen LogP contribution in [0.5, 0.6) is 0 Å². The van der Waals surface area contributed by atoms with Crippen molar-refractivity contribution in [1.82, 2.24) is 4.90 Å². The van der Waals surface area contributed by atoms with E-state index in [2.05, 4.69) is 88.9 Å². The molecule has 0 heterocycles. The van der Waals surface area contributed by atoms with E-state index in [4.69, 9.17) is 0 Å². The monoisotopic (exact) mass is 511 g/mol. The molecule has 0 aliphatic carbocycles. The Bertz CT molecular complexity index is 1060. The van der Waals surface area contributed by atoms with Crippen LogP contribution in [0.25, 0.3) is 21.5 Å². The molecule has 2 nitrogen and oxygen atoms in total. The van der Waals surface area contributed by atoms with Crippen LogP contribution in [0.2, 0.25) is 0 Å². The molecule has 200 valence electrons. The molecule has 36 heavy (non-hydrogen) atoms. The molecule has 3 aromatic rings. The van der Waals surface area contributed by atoms with E-state index in [1.165, 1.54) is 84.0 Å². The van der Waals surface area contributed by atoms with E-state index in [0.29, 0.717) is 5.92 Å². The summed E-state index contributed by atoms with van der Waals surface area (Å²) in [6, 6.07) is 16.0. The number of benzene rings is 3. The fourth-order valence-corrected chi connectivity index (χ4v) is 5.42. The van der Waals surface area contributed by atoms with E-state index >= 15 is 0 Å². The number of unbranched alkanes of at least 4 members (excludes halogenated alkanes) is 6. The standard InChI is InChI=1S/C33H49NO.ClH/c1-7-9-11-13-19-34(20-14-12-10-8-2)26(6)33(35)29-21-25(5)30-17-16-28-22-27(24(3)4)15-18-31(28)32(30)23-29;/h15-18,21-24,26,33,35H,7-14,19-20H2,1-6H3;1H. The van der Waals surface area contributed by atoms with Gasteiger partial charge in [-0.05, 0) is 90.0 Å². The zero-order valence-electron chi connectivity index (χ0n) is 23.6. The van der Waals surface area contributed by atoms with Crippen molar-refractivity contribution in [1.29, 1.82) is 0 Å². The van der Waals surface area contributed by atoms with Crippen molar-refractivity contribution in [3.63, 3.8) is 0 Å². The minimum absolute atomic E-state index is 0. The minimum Gasteiger partial charge on any atom is -0.387 e. The molecule has 0 aliphatic rings. The Kier molecular flexibility index (Phi) is 12.7. The maximum atomic E-state index is 11.6. The van der Waals surface area contributed by atoms with Crippen molar-refractivity contribution < 1.29 is 5.11 Å². The molecule has 0 saturated heterocycles. The molecule has 0 radical (unpaired) electrons. The van der Waals surface area contributed by atoms with Gasteiger partial charge in [-0.3, -0.25) is 4.90 Å². The van der Waals surface area contributed by atoms with Crippen LogP contribution in [0.3, 0.4) is 0 Å². The predicted octanol–water partition coefficient (Wildman–Crippen LogP) is 9.73. The van der Waals surface area contributed by atoms with Crippen LogP contribution < -0.4 is 0 Å². The van der Waals surface area contributed by atoms with Gasteiger partial charge in [-0.1, -0.05) is 103 Å². The van der Waals surface area contributed by atoms with Crippen LogP contribution in [0.15, 0.2) is 42.5 Å². The number of aliphatic hydroxyl groups is 1. The maximum Gasteiger partial charge on any atom is 0.0942 e. The Balaban J connectivity index is 0.00000456. The lowest BCUT2D eigenvalue weighted by molar-refractivity contribution is 0.0555. The summed E-state index contributed by atoms with van der Waals surface area (Å²) in [4.78, 5) is 2.55. The summed E-state index contributed by atoms with van der Waals surface area (Å²) in [7, 11) is 0. The first kappa shape index (κ1) is 30.6. The number of aliphatic hydroxyl groups excluding tert-OH is 1. The Morgan fingerprint density at radius 3 is 1.89 bits per heavy atom. The fourth-order valence-electron chi connectivity index (χ4n) is 5.42. The van der Waals surface area contributed by atoms with Crippen molar-refractivity contribution in [3.05, 3.63) is 59.2 Å². The van der Waals surface area contributed by atoms with Gasteiger partial charge in [-0.2, -0.15) is 0 Å². The van der Waals surface area contributed by atoms with Gasteiger partial charge in [0.25, 0.3) is 0 Å². The van der Waals surface area contributed by atoms with Gasteiger partial charge in [0.15, 0.2) is 0 Å². The smallest absolute Gasteiger partial charge is 0.0942 e. The van der Waals surface area contributed by atoms with Crippen LogP contribution >= 0.6 is 12.4 Å². The van der Waals surface area contributed by atoms with E-state index in [0.717, 1.165) is 18.7 Å². The van der Waals surface area contributed by atoms with Gasteiger partial charge in [-0.15, -0.1) is 12.4 Å². The van der Waals surface area contributed by atoms with E-state index in [9.17, 15) is 5.11 Å².